The van der Waals surface area contributed by atoms with Crippen LogP contribution >= 0.6 is 7.82 Å². The second-order valence-corrected chi connectivity index (χ2v) is 26.3. The van der Waals surface area contributed by atoms with E-state index in [1.807, 2.05) is 21.1 Å². The van der Waals surface area contributed by atoms with Gasteiger partial charge >= 0.3 is 19.8 Å². The first-order valence-corrected chi connectivity index (χ1v) is 36.8. The third kappa shape index (κ3) is 68.3. The number of likely N-dealkylation sites (N-methyl/N-ethyl adjacent to an activating group) is 1. The van der Waals surface area contributed by atoms with Crippen molar-refractivity contribution in [3.63, 3.8) is 0 Å². The molecule has 0 bridgehead atoms. The van der Waals surface area contributed by atoms with E-state index >= 15 is 0 Å². The van der Waals surface area contributed by atoms with Crippen LogP contribution in [-0.2, 0) is 32.7 Å². The van der Waals surface area contributed by atoms with Crippen LogP contribution in [0.1, 0.15) is 322 Å². The van der Waals surface area contributed by atoms with Crippen LogP contribution in [0.2, 0.25) is 0 Å². The van der Waals surface area contributed by atoms with Crippen LogP contribution in [0.5, 0.6) is 0 Å². The van der Waals surface area contributed by atoms with Gasteiger partial charge in [-0.05, 0) is 89.9 Å². The zero-order valence-electron chi connectivity index (χ0n) is 55.6. The lowest BCUT2D eigenvalue weighted by Gasteiger charge is -2.24. The van der Waals surface area contributed by atoms with Gasteiger partial charge in [0.15, 0.2) is 6.10 Å². The van der Waals surface area contributed by atoms with Crippen molar-refractivity contribution in [1.29, 1.82) is 0 Å². The van der Waals surface area contributed by atoms with Gasteiger partial charge in [0, 0.05) is 12.8 Å². The standard InChI is InChI=1S/C74H134NO8P/c1-6-8-10-12-14-16-18-20-22-24-26-28-30-31-32-33-34-35-36-37-38-39-40-41-42-43-45-47-49-51-53-55-57-59-61-63-65-67-74(77)83-72(71-82-84(78,79)81-69-68-75(3,4)5)70-80-73(76)66-64-62-60-58-56-54-52-50-48-46-44-29-27-25-23-21-19-17-15-13-11-9-7-2/h8,10,14,16,20,22,25-28,31-32,34-35,72H,6-7,9,11-13,15,17-19,21,23-24,29-30,33,36-71H2,1-5H3/p+1/b10-8-,16-14-,22-20-,27-25-,28-26-,32-31-,35-34-. The van der Waals surface area contributed by atoms with Crippen LogP contribution < -0.4 is 0 Å². The number of quaternary nitrogens is 1. The number of nitrogens with zero attached hydrogens (tertiary/aromatic N) is 1. The van der Waals surface area contributed by atoms with Gasteiger partial charge in [-0.3, -0.25) is 18.6 Å². The maximum atomic E-state index is 12.9. The summed E-state index contributed by atoms with van der Waals surface area (Å²) in [5.74, 6) is -0.786. The van der Waals surface area contributed by atoms with Crippen LogP contribution in [0, 0.1) is 0 Å². The molecule has 84 heavy (non-hydrogen) atoms. The molecule has 0 aliphatic rings. The molecule has 0 aromatic carbocycles. The zero-order chi connectivity index (χ0) is 61.2. The van der Waals surface area contributed by atoms with Crippen molar-refractivity contribution in [2.75, 3.05) is 47.5 Å². The summed E-state index contributed by atoms with van der Waals surface area (Å²) in [4.78, 5) is 35.9. The summed E-state index contributed by atoms with van der Waals surface area (Å²) in [6.45, 7) is 4.36. The molecular weight excluding hydrogens is 1060 g/mol. The summed E-state index contributed by atoms with van der Waals surface area (Å²) in [5.41, 5.74) is 0. The highest BCUT2D eigenvalue weighted by Crippen LogP contribution is 2.43. The smallest absolute Gasteiger partial charge is 0.462 e. The molecule has 0 fully saturated rings. The van der Waals surface area contributed by atoms with Crippen molar-refractivity contribution < 1.29 is 42.1 Å². The second-order valence-electron chi connectivity index (χ2n) is 24.9. The Morgan fingerprint density at radius 2 is 0.679 bits per heavy atom. The van der Waals surface area contributed by atoms with E-state index in [-0.39, 0.29) is 32.0 Å². The Morgan fingerprint density at radius 3 is 1.02 bits per heavy atom. The van der Waals surface area contributed by atoms with Gasteiger partial charge in [0.05, 0.1) is 27.7 Å². The third-order valence-electron chi connectivity index (χ3n) is 15.4. The van der Waals surface area contributed by atoms with Crippen molar-refractivity contribution in [3.8, 4) is 0 Å². The molecule has 2 atom stereocenters. The molecule has 2 unspecified atom stereocenters. The van der Waals surface area contributed by atoms with Gasteiger partial charge in [0.2, 0.25) is 0 Å². The monoisotopic (exact) mass is 1200 g/mol. The van der Waals surface area contributed by atoms with E-state index in [4.69, 9.17) is 18.5 Å². The number of phosphoric ester groups is 1. The molecule has 0 saturated heterocycles. The number of unbranched alkanes of at least 4 members (excludes halogenated alkanes) is 37. The van der Waals surface area contributed by atoms with E-state index in [1.165, 1.54) is 218 Å². The predicted octanol–water partition coefficient (Wildman–Crippen LogP) is 22.9. The predicted molar refractivity (Wildman–Crippen MR) is 362 cm³/mol. The minimum absolute atomic E-state index is 0.0313. The Hall–Kier alpha value is -2.81. The van der Waals surface area contributed by atoms with Crippen molar-refractivity contribution in [3.05, 3.63) is 85.1 Å². The summed E-state index contributed by atoms with van der Waals surface area (Å²) in [6, 6.07) is 0. The normalized spacial score (nSPS) is 13.6. The Balaban J connectivity index is 4.00. The molecule has 488 valence electrons. The molecule has 0 aromatic heterocycles. The maximum absolute atomic E-state index is 12.9. The molecule has 0 aromatic rings. The number of carbonyl (C=O) groups excluding carboxylic acids is 2. The summed E-state index contributed by atoms with van der Waals surface area (Å²) >= 11 is 0. The molecule has 0 amide bonds. The molecule has 0 saturated carbocycles. The number of allylic oxidation sites excluding steroid dienone is 14. The Bertz CT molecular complexity index is 1690. The lowest BCUT2D eigenvalue weighted by atomic mass is 10.0. The summed E-state index contributed by atoms with van der Waals surface area (Å²) in [7, 11) is 1.49. The summed E-state index contributed by atoms with van der Waals surface area (Å²) in [6.07, 6.45) is 88.3. The van der Waals surface area contributed by atoms with Crippen LogP contribution in [0.15, 0.2) is 85.1 Å². The molecule has 0 aliphatic carbocycles. The summed E-state index contributed by atoms with van der Waals surface area (Å²) < 4.78 is 34.7. The first-order valence-electron chi connectivity index (χ1n) is 35.3. The number of hydrogen-bond acceptors (Lipinski definition) is 7. The number of rotatable bonds is 65. The van der Waals surface area contributed by atoms with Crippen LogP contribution in [0.4, 0.5) is 0 Å². The zero-order valence-corrected chi connectivity index (χ0v) is 56.5. The lowest BCUT2D eigenvalue weighted by molar-refractivity contribution is -0.870. The average Bonchev–Trinajstić information content (AvgIpc) is 3.61. The fraction of sp³-hybridized carbons (Fsp3) is 0.784. The number of phosphoric acid groups is 1. The second kappa shape index (κ2) is 64.7. The Morgan fingerprint density at radius 1 is 0.381 bits per heavy atom. The molecule has 1 N–H and O–H groups in total. The SMILES string of the molecule is CC/C=C\C/C=C\C/C=C\C/C=C\C/C=C\C/C=C\CCCCCCCCCCCCCCCCCCCCC(=O)OC(COC(=O)CCCCCCCCCCCCC/C=C\CCCCCCCCCC)COP(=O)(O)OCC[N+](C)(C)C. The van der Waals surface area contributed by atoms with Gasteiger partial charge in [-0.25, -0.2) is 4.57 Å². The molecular formula is C74H135NO8P+. The molecule has 0 rings (SSSR count). The molecule has 0 spiro atoms. The molecule has 9 nitrogen and oxygen atoms in total. The highest BCUT2D eigenvalue weighted by atomic mass is 31.2. The first-order chi connectivity index (χ1) is 41.0. The Labute approximate surface area is 520 Å². The first kappa shape index (κ1) is 81.2. The van der Waals surface area contributed by atoms with E-state index in [0.29, 0.717) is 17.4 Å². The van der Waals surface area contributed by atoms with Crippen molar-refractivity contribution in [2.45, 2.75) is 328 Å². The lowest BCUT2D eigenvalue weighted by Crippen LogP contribution is -2.37. The van der Waals surface area contributed by atoms with Gasteiger partial charge in [0.1, 0.15) is 19.8 Å². The molecule has 10 heteroatoms. The van der Waals surface area contributed by atoms with E-state index in [9.17, 15) is 19.0 Å². The van der Waals surface area contributed by atoms with Crippen LogP contribution in [-0.4, -0.2) is 74.9 Å². The number of carbonyl (C=O) groups is 2. The third-order valence-corrected chi connectivity index (χ3v) is 16.4. The number of esters is 2. The van der Waals surface area contributed by atoms with E-state index in [1.54, 1.807) is 0 Å². The van der Waals surface area contributed by atoms with E-state index in [0.717, 1.165) is 70.6 Å². The topological polar surface area (TPSA) is 108 Å². The number of ether oxygens (including phenoxy) is 2. The quantitative estimate of drug-likeness (QED) is 0.0211. The van der Waals surface area contributed by atoms with Gasteiger partial charge in [-0.15, -0.1) is 0 Å². The van der Waals surface area contributed by atoms with E-state index < -0.39 is 26.5 Å². The van der Waals surface area contributed by atoms with Crippen molar-refractivity contribution in [2.24, 2.45) is 0 Å². The minimum atomic E-state index is -4.39. The van der Waals surface area contributed by atoms with Gasteiger partial charge in [0.25, 0.3) is 0 Å². The van der Waals surface area contributed by atoms with Gasteiger partial charge in [-0.2, -0.15) is 0 Å². The maximum Gasteiger partial charge on any atom is 0.472 e. The van der Waals surface area contributed by atoms with Crippen molar-refractivity contribution >= 4 is 19.8 Å². The fourth-order valence-corrected chi connectivity index (χ4v) is 10.8. The largest absolute Gasteiger partial charge is 0.472 e. The fourth-order valence-electron chi connectivity index (χ4n) is 10.0. The van der Waals surface area contributed by atoms with Gasteiger partial charge in [-0.1, -0.05) is 304 Å². The van der Waals surface area contributed by atoms with Crippen molar-refractivity contribution in [1.82, 2.24) is 0 Å². The molecule has 0 radical (unpaired) electrons. The molecule has 0 aliphatic heterocycles. The molecule has 0 heterocycles. The highest BCUT2D eigenvalue weighted by Gasteiger charge is 2.27. The minimum Gasteiger partial charge on any atom is -0.462 e. The number of hydrogen-bond donors (Lipinski definition) is 1. The van der Waals surface area contributed by atoms with Crippen LogP contribution in [0.3, 0.4) is 0 Å². The Kier molecular flexibility index (Phi) is 62.5. The van der Waals surface area contributed by atoms with Gasteiger partial charge < -0.3 is 18.9 Å². The van der Waals surface area contributed by atoms with E-state index in [2.05, 4.69) is 98.9 Å². The highest BCUT2D eigenvalue weighted by molar-refractivity contribution is 7.47. The summed E-state index contributed by atoms with van der Waals surface area (Å²) in [5, 5.41) is 0. The average molecular weight is 1200 g/mol. The van der Waals surface area contributed by atoms with Crippen LogP contribution in [0.25, 0.3) is 0 Å².